The molecule has 96 valence electrons. The van der Waals surface area contributed by atoms with Crippen LogP contribution < -0.4 is 5.32 Å². The average Bonchev–Trinajstić information content (AvgIpc) is 2.69. The smallest absolute Gasteiger partial charge is 0.239 e. The fourth-order valence-corrected chi connectivity index (χ4v) is 3.15. The number of nitrogens with one attached hydrogen (secondary N) is 1. The molecule has 1 fully saturated rings. The van der Waals surface area contributed by atoms with Crippen LogP contribution in [0.3, 0.4) is 0 Å². The number of fused-ring (bicyclic) bond motifs is 1. The van der Waals surface area contributed by atoms with Gasteiger partial charge < -0.3 is 10.2 Å². The van der Waals surface area contributed by atoms with E-state index in [1.807, 2.05) is 4.90 Å². The molecule has 0 spiro atoms. The van der Waals surface area contributed by atoms with E-state index in [4.69, 9.17) is 0 Å². The Kier molecular flexibility index (Phi) is 3.08. The van der Waals surface area contributed by atoms with Gasteiger partial charge in [0.05, 0.1) is 6.04 Å². The maximum Gasteiger partial charge on any atom is 0.239 e. The van der Waals surface area contributed by atoms with Gasteiger partial charge in [-0.1, -0.05) is 31.2 Å². The summed E-state index contributed by atoms with van der Waals surface area (Å²) in [5.74, 6) is 0.853. The molecule has 2 unspecified atom stereocenters. The number of amides is 1. The van der Waals surface area contributed by atoms with Gasteiger partial charge in [0.2, 0.25) is 5.91 Å². The fourth-order valence-electron chi connectivity index (χ4n) is 3.15. The van der Waals surface area contributed by atoms with Gasteiger partial charge in [-0.3, -0.25) is 4.79 Å². The molecule has 1 N–H and O–H groups in total. The number of carbonyl (C=O) groups is 1. The average molecular weight is 244 g/mol. The van der Waals surface area contributed by atoms with Crippen LogP contribution in [0.4, 0.5) is 0 Å². The van der Waals surface area contributed by atoms with Crippen LogP contribution in [0.1, 0.15) is 30.4 Å². The van der Waals surface area contributed by atoms with Crippen LogP contribution in [0.5, 0.6) is 0 Å². The van der Waals surface area contributed by atoms with E-state index >= 15 is 0 Å². The topological polar surface area (TPSA) is 32.3 Å². The molecule has 2 atom stereocenters. The molecule has 1 heterocycles. The molecule has 1 saturated heterocycles. The Balaban J connectivity index is 1.61. The van der Waals surface area contributed by atoms with Gasteiger partial charge in [0.25, 0.3) is 0 Å². The second kappa shape index (κ2) is 4.73. The highest BCUT2D eigenvalue weighted by Crippen LogP contribution is 2.35. The SMILES string of the molecule is CCNC1CCN(CC2Cc3ccccc32)C1=O. The first-order valence-electron chi connectivity index (χ1n) is 6.89. The first-order chi connectivity index (χ1) is 8.79. The van der Waals surface area contributed by atoms with Gasteiger partial charge in [-0.2, -0.15) is 0 Å². The molecule has 1 aliphatic heterocycles. The summed E-state index contributed by atoms with van der Waals surface area (Å²) >= 11 is 0. The Morgan fingerprint density at radius 2 is 2.22 bits per heavy atom. The normalized spacial score (nSPS) is 26.1. The summed E-state index contributed by atoms with van der Waals surface area (Å²) in [6.07, 6.45) is 2.09. The Labute approximate surface area is 108 Å². The third kappa shape index (κ3) is 1.93. The second-order valence-electron chi connectivity index (χ2n) is 5.28. The van der Waals surface area contributed by atoms with Crippen LogP contribution in [0.25, 0.3) is 0 Å². The summed E-state index contributed by atoms with van der Waals surface area (Å²) < 4.78 is 0. The predicted octanol–water partition coefficient (Wildman–Crippen LogP) is 1.54. The molecule has 1 aromatic carbocycles. The molecule has 3 nitrogen and oxygen atoms in total. The molecular formula is C15H20N2O. The van der Waals surface area contributed by atoms with Crippen LogP contribution in [0.15, 0.2) is 24.3 Å². The van der Waals surface area contributed by atoms with Crippen LogP contribution in [0, 0.1) is 0 Å². The third-order valence-corrected chi connectivity index (χ3v) is 4.15. The van der Waals surface area contributed by atoms with Crippen molar-refractivity contribution in [1.29, 1.82) is 0 Å². The Morgan fingerprint density at radius 3 is 3.00 bits per heavy atom. The fraction of sp³-hybridized carbons (Fsp3) is 0.533. The lowest BCUT2D eigenvalue weighted by molar-refractivity contribution is -0.129. The standard InChI is InChI=1S/C15H20N2O/c1-2-16-14-7-8-17(15(14)18)10-12-9-11-5-3-4-6-13(11)12/h3-6,12,14,16H,2,7-10H2,1H3. The van der Waals surface area contributed by atoms with Crippen molar-refractivity contribution in [1.82, 2.24) is 10.2 Å². The Morgan fingerprint density at radius 1 is 1.39 bits per heavy atom. The number of rotatable bonds is 4. The molecule has 0 radical (unpaired) electrons. The summed E-state index contributed by atoms with van der Waals surface area (Å²) in [6.45, 7) is 4.74. The van der Waals surface area contributed by atoms with Crippen LogP contribution in [-0.2, 0) is 11.2 Å². The minimum absolute atomic E-state index is 0.0605. The molecule has 1 amide bonds. The van der Waals surface area contributed by atoms with E-state index in [1.165, 1.54) is 11.1 Å². The summed E-state index contributed by atoms with van der Waals surface area (Å²) in [5.41, 5.74) is 2.90. The van der Waals surface area contributed by atoms with Crippen molar-refractivity contribution in [3.8, 4) is 0 Å². The van der Waals surface area contributed by atoms with Crippen molar-refractivity contribution in [2.75, 3.05) is 19.6 Å². The van der Waals surface area contributed by atoms with Gasteiger partial charge in [-0.05, 0) is 30.5 Å². The van der Waals surface area contributed by atoms with Crippen LogP contribution >= 0.6 is 0 Å². The zero-order valence-corrected chi connectivity index (χ0v) is 10.9. The van der Waals surface area contributed by atoms with E-state index in [9.17, 15) is 4.79 Å². The highest BCUT2D eigenvalue weighted by molar-refractivity contribution is 5.84. The maximum absolute atomic E-state index is 12.1. The minimum Gasteiger partial charge on any atom is -0.341 e. The monoisotopic (exact) mass is 244 g/mol. The van der Waals surface area contributed by atoms with Crippen LogP contribution in [0.2, 0.25) is 0 Å². The van der Waals surface area contributed by atoms with Gasteiger partial charge in [-0.25, -0.2) is 0 Å². The molecule has 0 aromatic heterocycles. The Hall–Kier alpha value is -1.35. The van der Waals surface area contributed by atoms with Crippen molar-refractivity contribution >= 4 is 5.91 Å². The number of carbonyl (C=O) groups excluding carboxylic acids is 1. The van der Waals surface area contributed by atoms with Gasteiger partial charge in [-0.15, -0.1) is 0 Å². The van der Waals surface area contributed by atoms with Crippen molar-refractivity contribution in [3.05, 3.63) is 35.4 Å². The van der Waals surface area contributed by atoms with E-state index in [2.05, 4.69) is 36.5 Å². The molecule has 1 aliphatic carbocycles. The maximum atomic E-state index is 12.1. The lowest BCUT2D eigenvalue weighted by Gasteiger charge is -2.33. The third-order valence-electron chi connectivity index (χ3n) is 4.15. The summed E-state index contributed by atoms with van der Waals surface area (Å²) in [4.78, 5) is 14.2. The molecule has 3 rings (SSSR count). The second-order valence-corrected chi connectivity index (χ2v) is 5.28. The van der Waals surface area contributed by atoms with E-state index in [-0.39, 0.29) is 6.04 Å². The number of hydrogen-bond acceptors (Lipinski definition) is 2. The van der Waals surface area contributed by atoms with Gasteiger partial charge >= 0.3 is 0 Å². The highest BCUT2D eigenvalue weighted by atomic mass is 16.2. The largest absolute Gasteiger partial charge is 0.341 e. The quantitative estimate of drug-likeness (QED) is 0.871. The molecule has 0 saturated carbocycles. The van der Waals surface area contributed by atoms with Crippen molar-refractivity contribution in [2.45, 2.75) is 31.7 Å². The Bertz CT molecular complexity index is 458. The zero-order chi connectivity index (χ0) is 12.5. The van der Waals surface area contributed by atoms with Gasteiger partial charge in [0, 0.05) is 19.0 Å². The van der Waals surface area contributed by atoms with Crippen molar-refractivity contribution in [3.63, 3.8) is 0 Å². The first-order valence-corrected chi connectivity index (χ1v) is 6.89. The zero-order valence-electron chi connectivity index (χ0n) is 10.9. The lowest BCUT2D eigenvalue weighted by atomic mass is 9.77. The number of benzene rings is 1. The van der Waals surface area contributed by atoms with Crippen molar-refractivity contribution < 1.29 is 4.79 Å². The summed E-state index contributed by atoms with van der Waals surface area (Å²) in [7, 11) is 0. The van der Waals surface area contributed by atoms with E-state index in [0.717, 1.165) is 32.5 Å². The van der Waals surface area contributed by atoms with Gasteiger partial charge in [0.1, 0.15) is 0 Å². The summed E-state index contributed by atoms with van der Waals surface area (Å²) in [6, 6.07) is 8.64. The first kappa shape index (κ1) is 11.7. The summed E-state index contributed by atoms with van der Waals surface area (Å²) in [5, 5.41) is 3.26. The molecule has 2 aliphatic rings. The van der Waals surface area contributed by atoms with Gasteiger partial charge in [0.15, 0.2) is 0 Å². The molecule has 18 heavy (non-hydrogen) atoms. The minimum atomic E-state index is 0.0605. The van der Waals surface area contributed by atoms with Crippen LogP contribution in [-0.4, -0.2) is 36.5 Å². The number of hydrogen-bond donors (Lipinski definition) is 1. The molecule has 0 bridgehead atoms. The van der Waals surface area contributed by atoms with E-state index in [1.54, 1.807) is 0 Å². The number of likely N-dealkylation sites (N-methyl/N-ethyl adjacent to an activating group) is 1. The highest BCUT2D eigenvalue weighted by Gasteiger charge is 2.35. The van der Waals surface area contributed by atoms with E-state index in [0.29, 0.717) is 11.8 Å². The van der Waals surface area contributed by atoms with Crippen molar-refractivity contribution in [2.24, 2.45) is 0 Å². The number of likely N-dealkylation sites (tertiary alicyclic amines) is 1. The lowest BCUT2D eigenvalue weighted by Crippen LogP contribution is -2.40. The predicted molar refractivity (Wildman–Crippen MR) is 71.5 cm³/mol. The van der Waals surface area contributed by atoms with E-state index < -0.39 is 0 Å². The molecular weight excluding hydrogens is 224 g/mol. The molecule has 1 aromatic rings. The number of nitrogens with zero attached hydrogens (tertiary/aromatic N) is 1. The molecule has 3 heteroatoms.